The number of hydrogen-bond acceptors (Lipinski definition) is 0. The Balaban J connectivity index is 1.52. The molecule has 2 atom stereocenters. The summed E-state index contributed by atoms with van der Waals surface area (Å²) in [6.45, 7) is 8.28. The predicted octanol–water partition coefficient (Wildman–Crippen LogP) is 14.0. The average Bonchev–Trinajstić information content (AvgIpc) is 3.58. The van der Waals surface area contributed by atoms with Crippen molar-refractivity contribution >= 4 is 0 Å². The van der Waals surface area contributed by atoms with Crippen molar-refractivity contribution in [1.29, 1.82) is 0 Å². The zero-order valence-corrected chi connectivity index (χ0v) is 31.8. The van der Waals surface area contributed by atoms with Crippen molar-refractivity contribution in [3.8, 4) is 0 Å². The highest BCUT2D eigenvalue weighted by atomic mass is 15.1. The van der Waals surface area contributed by atoms with Crippen molar-refractivity contribution in [2.75, 3.05) is 0 Å². The van der Waals surface area contributed by atoms with Crippen LogP contribution in [0, 0.1) is 0 Å². The van der Waals surface area contributed by atoms with Crippen molar-refractivity contribution in [3.63, 3.8) is 0 Å². The minimum atomic E-state index is 0.00535. The number of nitrogens with one attached hydrogen (secondary N) is 1. The topological polar surface area (TPSA) is 19.7 Å². The fraction of sp³-hybridized carbons (Fsp3) is 0.674. The largest absolute Gasteiger partial charge is 0.258 e. The molecule has 0 bridgehead atoms. The molecule has 1 N–H and O–H groups in total. The van der Waals surface area contributed by atoms with Crippen molar-refractivity contribution in [3.05, 3.63) is 90.0 Å². The number of H-pyrrole nitrogens is 1. The molecule has 3 aromatic rings. The Kier molecular flexibility index (Phi) is 21.4. The third-order valence-corrected chi connectivity index (χ3v) is 11.1. The number of unbranched alkanes of at least 4 members (excludes halogenated alkanes) is 21. The van der Waals surface area contributed by atoms with Gasteiger partial charge in [-0.3, -0.25) is 0 Å². The van der Waals surface area contributed by atoms with Crippen LogP contribution in [0.1, 0.15) is 198 Å². The van der Waals surface area contributed by atoms with Crippen molar-refractivity contribution < 1.29 is 4.57 Å². The first-order chi connectivity index (χ1) is 23.7. The zero-order valence-electron chi connectivity index (χ0n) is 31.8. The first-order valence-corrected chi connectivity index (χ1v) is 20.8. The Morgan fingerprint density at radius 3 is 1.48 bits per heavy atom. The van der Waals surface area contributed by atoms with E-state index in [1.54, 1.807) is 0 Å². The van der Waals surface area contributed by atoms with Crippen molar-refractivity contribution in [2.45, 2.75) is 199 Å². The number of aryl methyl sites for hydroxylation is 1. The quantitative estimate of drug-likeness (QED) is 0.0545. The lowest BCUT2D eigenvalue weighted by molar-refractivity contribution is -0.705. The molecule has 2 heteroatoms. The van der Waals surface area contributed by atoms with E-state index in [0.29, 0.717) is 5.92 Å². The molecule has 0 saturated heterocycles. The highest BCUT2D eigenvalue weighted by Crippen LogP contribution is 2.43. The molecule has 268 valence electrons. The molecule has 3 rings (SSSR count). The Hall–Kier alpha value is -2.35. The monoisotopic (exact) mass is 656 g/mol. The van der Waals surface area contributed by atoms with Crippen LogP contribution in [0.2, 0.25) is 0 Å². The van der Waals surface area contributed by atoms with E-state index in [0.717, 1.165) is 13.0 Å². The average molecular weight is 656 g/mol. The van der Waals surface area contributed by atoms with Gasteiger partial charge in [-0.1, -0.05) is 216 Å². The van der Waals surface area contributed by atoms with Gasteiger partial charge in [0.25, 0.3) is 5.82 Å². The van der Waals surface area contributed by atoms with E-state index in [1.165, 1.54) is 171 Å². The molecule has 1 heterocycles. The maximum Gasteiger partial charge on any atom is 0.258 e. The standard InChI is InChI=1S/C46H74N2/c1-4-6-8-10-12-13-14-15-16-17-18-19-20-21-22-23-31-37-44(45-47-38-40-48(45)39-32-24-11-9-7-5-2)46(3,43-35-29-26-30-36-43)41-42-33-27-25-28-34-42/h25-30,33-36,38,40,44H,4-24,31-32,37,39,41H2,1-3H3/p+1. The van der Waals surface area contributed by atoms with E-state index in [1.807, 2.05) is 0 Å². The summed E-state index contributed by atoms with van der Waals surface area (Å²) < 4.78 is 2.57. The minimum Gasteiger partial charge on any atom is -0.247 e. The number of aromatic nitrogens is 2. The van der Waals surface area contributed by atoms with Crippen LogP contribution in [0.3, 0.4) is 0 Å². The third kappa shape index (κ3) is 15.5. The zero-order chi connectivity index (χ0) is 34.0. The molecule has 0 aliphatic rings. The van der Waals surface area contributed by atoms with E-state index < -0.39 is 0 Å². The molecule has 0 fully saturated rings. The number of aromatic amines is 1. The van der Waals surface area contributed by atoms with Crippen molar-refractivity contribution in [2.24, 2.45) is 0 Å². The summed E-state index contributed by atoms with van der Waals surface area (Å²) in [5, 5.41) is 0. The number of rotatable bonds is 30. The van der Waals surface area contributed by atoms with Gasteiger partial charge in [-0.05, 0) is 36.8 Å². The van der Waals surface area contributed by atoms with Crippen LogP contribution in [0.5, 0.6) is 0 Å². The number of imidazole rings is 1. The molecule has 2 unspecified atom stereocenters. The Morgan fingerprint density at radius 2 is 0.979 bits per heavy atom. The van der Waals surface area contributed by atoms with Crippen LogP contribution in [0.4, 0.5) is 0 Å². The Morgan fingerprint density at radius 1 is 0.542 bits per heavy atom. The van der Waals surface area contributed by atoms with Crippen molar-refractivity contribution in [1.82, 2.24) is 4.98 Å². The smallest absolute Gasteiger partial charge is 0.247 e. The van der Waals surface area contributed by atoms with Crippen LogP contribution in [0.15, 0.2) is 73.1 Å². The first kappa shape index (κ1) is 40.1. The van der Waals surface area contributed by atoms with E-state index in [9.17, 15) is 0 Å². The summed E-state index contributed by atoms with van der Waals surface area (Å²) in [5.74, 6) is 1.87. The van der Waals surface area contributed by atoms with E-state index in [-0.39, 0.29) is 5.41 Å². The lowest BCUT2D eigenvalue weighted by atomic mass is 9.66. The number of benzene rings is 2. The minimum absolute atomic E-state index is 0.00535. The number of hydrogen-bond donors (Lipinski definition) is 1. The van der Waals surface area contributed by atoms with Gasteiger partial charge in [-0.2, -0.15) is 0 Å². The lowest BCUT2D eigenvalue weighted by Crippen LogP contribution is -2.43. The Labute approximate surface area is 297 Å². The van der Waals surface area contributed by atoms with E-state index >= 15 is 0 Å². The third-order valence-electron chi connectivity index (χ3n) is 11.1. The van der Waals surface area contributed by atoms with Crippen LogP contribution in [0.25, 0.3) is 0 Å². The summed E-state index contributed by atoms with van der Waals surface area (Å²) in [4.78, 5) is 3.80. The van der Waals surface area contributed by atoms with Gasteiger partial charge >= 0.3 is 0 Å². The molecule has 0 spiro atoms. The lowest BCUT2D eigenvalue weighted by Gasteiger charge is -2.37. The summed E-state index contributed by atoms with van der Waals surface area (Å²) in [5.41, 5.74) is 2.91. The molecule has 2 nitrogen and oxygen atoms in total. The molecule has 2 aromatic carbocycles. The fourth-order valence-corrected chi connectivity index (χ4v) is 8.03. The maximum absolute atomic E-state index is 3.80. The summed E-state index contributed by atoms with van der Waals surface area (Å²) in [7, 11) is 0. The van der Waals surface area contributed by atoms with Crippen LogP contribution < -0.4 is 4.57 Å². The normalized spacial score (nSPS) is 13.5. The van der Waals surface area contributed by atoms with Gasteiger partial charge in [-0.25, -0.2) is 9.55 Å². The van der Waals surface area contributed by atoms with E-state index in [4.69, 9.17) is 0 Å². The van der Waals surface area contributed by atoms with Gasteiger partial charge in [0, 0.05) is 5.41 Å². The fourth-order valence-electron chi connectivity index (χ4n) is 8.03. The summed E-state index contributed by atoms with van der Waals surface area (Å²) in [6, 6.07) is 22.6. The molecule has 0 aliphatic carbocycles. The Bertz CT molecular complexity index is 1140. The molecule has 0 aliphatic heterocycles. The summed E-state index contributed by atoms with van der Waals surface area (Å²) >= 11 is 0. The van der Waals surface area contributed by atoms with Gasteiger partial charge in [0.15, 0.2) is 0 Å². The molecule has 0 saturated carbocycles. The van der Waals surface area contributed by atoms with Gasteiger partial charge < -0.3 is 0 Å². The van der Waals surface area contributed by atoms with Crippen LogP contribution in [-0.4, -0.2) is 4.98 Å². The van der Waals surface area contributed by atoms with Crippen LogP contribution in [-0.2, 0) is 18.4 Å². The van der Waals surface area contributed by atoms with Gasteiger partial charge in [-0.15, -0.1) is 0 Å². The van der Waals surface area contributed by atoms with Gasteiger partial charge in [0.2, 0.25) is 0 Å². The second-order valence-electron chi connectivity index (χ2n) is 15.3. The van der Waals surface area contributed by atoms with Gasteiger partial charge in [0.1, 0.15) is 12.4 Å². The number of nitrogens with zero attached hydrogens (tertiary/aromatic N) is 1. The molecule has 1 aromatic heterocycles. The highest BCUT2D eigenvalue weighted by Gasteiger charge is 2.41. The van der Waals surface area contributed by atoms with Gasteiger partial charge in [0.05, 0.1) is 12.5 Å². The highest BCUT2D eigenvalue weighted by molar-refractivity contribution is 5.32. The SMILES string of the molecule is CCCCCCCCCCCCCCCCCCCC(c1[nH]cc[n+]1CCCCCCCC)C(C)(Cc1ccccc1)c1ccccc1. The molecule has 0 amide bonds. The molecular formula is C46H75N2+. The maximum atomic E-state index is 3.80. The van der Waals surface area contributed by atoms with Crippen LogP contribution >= 0.6 is 0 Å². The second-order valence-corrected chi connectivity index (χ2v) is 15.3. The summed E-state index contributed by atoms with van der Waals surface area (Å²) in [6.07, 6.45) is 39.0. The first-order valence-electron chi connectivity index (χ1n) is 20.8. The molecule has 48 heavy (non-hydrogen) atoms. The molecule has 0 radical (unpaired) electrons. The predicted molar refractivity (Wildman–Crippen MR) is 210 cm³/mol. The van der Waals surface area contributed by atoms with E-state index in [2.05, 4.69) is 103 Å². The second kappa shape index (κ2) is 25.6. The molecular weight excluding hydrogens is 581 g/mol.